The van der Waals surface area contributed by atoms with E-state index in [1.165, 1.54) is 6.07 Å². The van der Waals surface area contributed by atoms with Crippen LogP contribution in [0.25, 0.3) is 10.9 Å². The first-order valence-corrected chi connectivity index (χ1v) is 7.21. The summed E-state index contributed by atoms with van der Waals surface area (Å²) in [6, 6.07) is 4.81. The lowest BCUT2D eigenvalue weighted by molar-refractivity contribution is 0.0635. The van der Waals surface area contributed by atoms with Gasteiger partial charge in [-0.2, -0.15) is 0 Å². The van der Waals surface area contributed by atoms with Gasteiger partial charge in [0.15, 0.2) is 0 Å². The zero-order valence-corrected chi connectivity index (χ0v) is 13.8. The summed E-state index contributed by atoms with van der Waals surface area (Å²) in [6.07, 6.45) is -0.588. The second-order valence-corrected chi connectivity index (χ2v) is 6.59. The Morgan fingerprint density at radius 1 is 1.33 bits per heavy atom. The molecule has 0 spiro atoms. The van der Waals surface area contributed by atoms with E-state index in [0.29, 0.717) is 15.8 Å². The van der Waals surface area contributed by atoms with E-state index < -0.39 is 17.5 Å². The summed E-state index contributed by atoms with van der Waals surface area (Å²) in [5.74, 6) is -0.0412. The summed E-state index contributed by atoms with van der Waals surface area (Å²) < 4.78 is 19.1. The molecule has 1 aromatic carbocycles. The quantitative estimate of drug-likeness (QED) is 0.800. The summed E-state index contributed by atoms with van der Waals surface area (Å²) in [6.45, 7) is 7.15. The predicted molar refractivity (Wildman–Crippen MR) is 84.0 cm³/mol. The maximum Gasteiger partial charge on any atom is 0.413 e. The lowest BCUT2D eigenvalue weighted by Gasteiger charge is -2.20. The number of nitrogens with one attached hydrogen (secondary N) is 1. The number of amides is 1. The predicted octanol–water partition coefficient (Wildman–Crippen LogP) is 4.79. The topological polar surface area (TPSA) is 51.2 Å². The Morgan fingerprint density at radius 2 is 2.00 bits per heavy atom. The molecule has 1 heterocycles. The zero-order chi connectivity index (χ0) is 15.8. The van der Waals surface area contributed by atoms with Gasteiger partial charge in [0.05, 0.1) is 9.99 Å². The molecule has 0 bridgehead atoms. The van der Waals surface area contributed by atoms with Crippen molar-refractivity contribution in [3.63, 3.8) is 0 Å². The molecule has 0 unspecified atom stereocenters. The Balaban J connectivity index is 2.34. The molecule has 0 aliphatic rings. The first kappa shape index (κ1) is 15.7. The average Bonchev–Trinajstić information content (AvgIpc) is 2.30. The van der Waals surface area contributed by atoms with Gasteiger partial charge in [0, 0.05) is 11.5 Å². The van der Waals surface area contributed by atoms with Crippen LogP contribution in [-0.4, -0.2) is 16.7 Å². The van der Waals surface area contributed by atoms with Crippen molar-refractivity contribution in [3.05, 3.63) is 34.1 Å². The van der Waals surface area contributed by atoms with Crippen LogP contribution in [0.1, 0.15) is 26.3 Å². The van der Waals surface area contributed by atoms with Crippen molar-refractivity contribution >= 4 is 38.7 Å². The fraction of sp³-hybridized carbons (Fsp3) is 0.333. The Labute approximate surface area is 130 Å². The van der Waals surface area contributed by atoms with Crippen molar-refractivity contribution in [3.8, 4) is 0 Å². The summed E-state index contributed by atoms with van der Waals surface area (Å²) >= 11 is 3.14. The lowest BCUT2D eigenvalue weighted by Crippen LogP contribution is -2.27. The second kappa shape index (κ2) is 5.60. The van der Waals surface area contributed by atoms with Crippen LogP contribution in [0, 0.1) is 12.7 Å². The molecule has 0 atom stereocenters. The fourth-order valence-electron chi connectivity index (χ4n) is 1.80. The third kappa shape index (κ3) is 3.91. The summed E-state index contributed by atoms with van der Waals surface area (Å²) in [4.78, 5) is 16.1. The van der Waals surface area contributed by atoms with E-state index in [2.05, 4.69) is 26.2 Å². The van der Waals surface area contributed by atoms with E-state index in [9.17, 15) is 9.18 Å². The van der Waals surface area contributed by atoms with Crippen LogP contribution in [0.3, 0.4) is 0 Å². The minimum Gasteiger partial charge on any atom is -0.444 e. The number of carbonyl (C=O) groups excluding carboxylic acids is 1. The van der Waals surface area contributed by atoms with E-state index >= 15 is 0 Å². The number of ether oxygens (including phenoxy) is 1. The molecule has 1 amide bonds. The van der Waals surface area contributed by atoms with Gasteiger partial charge in [-0.15, -0.1) is 0 Å². The standard InChI is InChI=1S/C15H16BrFN2O2/c1-8-5-9-6-10(16)11(17)7-12(9)18-13(8)19-14(20)21-15(2,3)4/h5-7H,1-4H3,(H,18,19,20). The Hall–Kier alpha value is -1.69. The van der Waals surface area contributed by atoms with E-state index in [1.54, 1.807) is 26.8 Å². The average molecular weight is 355 g/mol. The van der Waals surface area contributed by atoms with Crippen LogP contribution in [-0.2, 0) is 4.74 Å². The van der Waals surface area contributed by atoms with E-state index in [4.69, 9.17) is 4.74 Å². The van der Waals surface area contributed by atoms with Gasteiger partial charge in [-0.3, -0.25) is 5.32 Å². The number of benzene rings is 1. The van der Waals surface area contributed by atoms with Crippen LogP contribution in [0.2, 0.25) is 0 Å². The smallest absolute Gasteiger partial charge is 0.413 e. The first-order chi connectivity index (χ1) is 9.65. The highest BCUT2D eigenvalue weighted by atomic mass is 79.9. The second-order valence-electron chi connectivity index (χ2n) is 5.74. The zero-order valence-electron chi connectivity index (χ0n) is 12.3. The number of rotatable bonds is 1. The van der Waals surface area contributed by atoms with Crippen LogP contribution in [0.5, 0.6) is 0 Å². The van der Waals surface area contributed by atoms with Crippen LogP contribution in [0.15, 0.2) is 22.7 Å². The maximum absolute atomic E-state index is 13.6. The van der Waals surface area contributed by atoms with Crippen LogP contribution >= 0.6 is 15.9 Å². The SMILES string of the molecule is Cc1cc2cc(Br)c(F)cc2nc1NC(=O)OC(C)(C)C. The van der Waals surface area contributed by atoms with Crippen molar-refractivity contribution in [1.29, 1.82) is 0 Å². The molecule has 0 aliphatic carbocycles. The molecule has 0 radical (unpaired) electrons. The minimum atomic E-state index is -0.591. The van der Waals surface area contributed by atoms with Crippen molar-refractivity contribution in [2.45, 2.75) is 33.3 Å². The number of hydrogen-bond donors (Lipinski definition) is 1. The van der Waals surface area contributed by atoms with Crippen molar-refractivity contribution in [2.75, 3.05) is 5.32 Å². The molecule has 4 nitrogen and oxygen atoms in total. The third-order valence-electron chi connectivity index (χ3n) is 2.67. The molecule has 0 fully saturated rings. The molecule has 0 saturated carbocycles. The van der Waals surface area contributed by atoms with Crippen LogP contribution < -0.4 is 5.32 Å². The highest BCUT2D eigenvalue weighted by molar-refractivity contribution is 9.10. The molecule has 112 valence electrons. The summed E-state index contributed by atoms with van der Waals surface area (Å²) in [5, 5.41) is 3.37. The van der Waals surface area contributed by atoms with Gasteiger partial charge >= 0.3 is 6.09 Å². The van der Waals surface area contributed by atoms with Crippen LogP contribution in [0.4, 0.5) is 15.0 Å². The molecule has 21 heavy (non-hydrogen) atoms. The number of aromatic nitrogens is 1. The Kier molecular flexibility index (Phi) is 4.18. The molecule has 2 aromatic rings. The number of nitrogens with zero attached hydrogens (tertiary/aromatic N) is 1. The molecule has 0 saturated heterocycles. The van der Waals surface area contributed by atoms with Gasteiger partial charge in [0.1, 0.15) is 17.2 Å². The van der Waals surface area contributed by atoms with Gasteiger partial charge in [-0.05, 0) is 61.3 Å². The number of hydrogen-bond acceptors (Lipinski definition) is 3. The van der Waals surface area contributed by atoms with E-state index in [1.807, 2.05) is 13.0 Å². The van der Waals surface area contributed by atoms with Gasteiger partial charge in [-0.1, -0.05) is 0 Å². The summed E-state index contributed by atoms with van der Waals surface area (Å²) in [7, 11) is 0. The Bertz CT molecular complexity index is 711. The van der Waals surface area contributed by atoms with Crippen molar-refractivity contribution in [2.24, 2.45) is 0 Å². The van der Waals surface area contributed by atoms with Gasteiger partial charge in [0.25, 0.3) is 0 Å². The normalized spacial score (nSPS) is 11.5. The largest absolute Gasteiger partial charge is 0.444 e. The number of halogens is 2. The summed E-state index contributed by atoms with van der Waals surface area (Å²) in [5.41, 5.74) is 0.644. The molecule has 1 N–H and O–H groups in total. The lowest BCUT2D eigenvalue weighted by atomic mass is 10.1. The monoisotopic (exact) mass is 354 g/mol. The number of aryl methyl sites for hydroxylation is 1. The Morgan fingerprint density at radius 3 is 2.62 bits per heavy atom. The number of anilines is 1. The molecule has 2 rings (SSSR count). The first-order valence-electron chi connectivity index (χ1n) is 6.42. The highest BCUT2D eigenvalue weighted by Gasteiger charge is 2.17. The van der Waals surface area contributed by atoms with Gasteiger partial charge < -0.3 is 4.74 Å². The highest BCUT2D eigenvalue weighted by Crippen LogP contribution is 2.25. The van der Waals surface area contributed by atoms with Gasteiger partial charge in [0.2, 0.25) is 0 Å². The fourth-order valence-corrected chi connectivity index (χ4v) is 2.16. The van der Waals surface area contributed by atoms with E-state index in [-0.39, 0.29) is 0 Å². The molecular weight excluding hydrogens is 339 g/mol. The molecule has 6 heteroatoms. The molecule has 1 aromatic heterocycles. The third-order valence-corrected chi connectivity index (χ3v) is 3.27. The molecule has 0 aliphatic heterocycles. The minimum absolute atomic E-state index is 0.360. The molecular formula is C15H16BrFN2O2. The van der Waals surface area contributed by atoms with E-state index in [0.717, 1.165) is 10.9 Å². The maximum atomic E-state index is 13.6. The van der Waals surface area contributed by atoms with Gasteiger partial charge in [-0.25, -0.2) is 14.2 Å². The number of pyridine rings is 1. The van der Waals surface area contributed by atoms with Crippen molar-refractivity contribution < 1.29 is 13.9 Å². The number of carbonyl (C=O) groups is 1. The van der Waals surface area contributed by atoms with Crippen molar-refractivity contribution in [1.82, 2.24) is 4.98 Å². The number of fused-ring (bicyclic) bond motifs is 1.